The van der Waals surface area contributed by atoms with Gasteiger partial charge in [0, 0.05) is 19.8 Å². The van der Waals surface area contributed by atoms with Crippen LogP contribution in [0.3, 0.4) is 0 Å². The molecule has 2 rings (SSSR count). The summed E-state index contributed by atoms with van der Waals surface area (Å²) >= 11 is 6.10. The van der Waals surface area contributed by atoms with Crippen molar-refractivity contribution in [2.24, 2.45) is 7.05 Å². The van der Waals surface area contributed by atoms with Crippen LogP contribution in [0, 0.1) is 6.92 Å². The standard InChI is InChI=1S/C13H18ClN5O/c1-5-19-7-6-10(16-19)8(2)15-13(20)12-11(14)9(3)18(4)17-12/h6-8H,5H2,1-4H3,(H,15,20). The van der Waals surface area contributed by atoms with Crippen molar-refractivity contribution in [1.82, 2.24) is 24.9 Å². The highest BCUT2D eigenvalue weighted by Crippen LogP contribution is 2.20. The lowest BCUT2D eigenvalue weighted by Gasteiger charge is -2.10. The van der Waals surface area contributed by atoms with Crippen LogP contribution >= 0.6 is 11.6 Å². The zero-order chi connectivity index (χ0) is 14.9. The number of nitrogens with one attached hydrogen (secondary N) is 1. The Morgan fingerprint density at radius 3 is 2.70 bits per heavy atom. The maximum atomic E-state index is 12.2. The minimum absolute atomic E-state index is 0.200. The average Bonchev–Trinajstić information content (AvgIpc) is 2.99. The summed E-state index contributed by atoms with van der Waals surface area (Å²) in [5.41, 5.74) is 1.82. The zero-order valence-electron chi connectivity index (χ0n) is 12.0. The van der Waals surface area contributed by atoms with E-state index in [0.29, 0.717) is 5.02 Å². The predicted octanol–water partition coefficient (Wildman–Crippen LogP) is 2.09. The number of hydrogen-bond donors (Lipinski definition) is 1. The topological polar surface area (TPSA) is 64.7 Å². The highest BCUT2D eigenvalue weighted by molar-refractivity contribution is 6.34. The first-order valence-corrected chi connectivity index (χ1v) is 6.85. The van der Waals surface area contributed by atoms with Crippen LogP contribution in [0.5, 0.6) is 0 Å². The highest BCUT2D eigenvalue weighted by Gasteiger charge is 2.20. The van der Waals surface area contributed by atoms with Crippen molar-refractivity contribution >= 4 is 17.5 Å². The highest BCUT2D eigenvalue weighted by atomic mass is 35.5. The molecule has 0 spiro atoms. The van der Waals surface area contributed by atoms with Gasteiger partial charge in [0.15, 0.2) is 5.69 Å². The fraction of sp³-hybridized carbons (Fsp3) is 0.462. The Morgan fingerprint density at radius 2 is 2.20 bits per heavy atom. The number of aryl methyl sites for hydroxylation is 2. The molecular weight excluding hydrogens is 278 g/mol. The fourth-order valence-corrected chi connectivity index (χ4v) is 2.10. The second kappa shape index (κ2) is 5.66. The lowest BCUT2D eigenvalue weighted by molar-refractivity contribution is 0.0933. The molecule has 0 aliphatic carbocycles. The van der Waals surface area contributed by atoms with Crippen LogP contribution in [0.25, 0.3) is 0 Å². The number of aromatic nitrogens is 4. The van der Waals surface area contributed by atoms with Gasteiger partial charge in [-0.15, -0.1) is 0 Å². The van der Waals surface area contributed by atoms with Crippen LogP contribution in [0.15, 0.2) is 12.3 Å². The van der Waals surface area contributed by atoms with Crippen LogP contribution < -0.4 is 5.32 Å². The van der Waals surface area contributed by atoms with Gasteiger partial charge >= 0.3 is 0 Å². The Morgan fingerprint density at radius 1 is 1.50 bits per heavy atom. The molecule has 108 valence electrons. The molecule has 0 saturated carbocycles. The molecule has 7 heteroatoms. The van der Waals surface area contributed by atoms with Crippen molar-refractivity contribution < 1.29 is 4.79 Å². The third-order valence-electron chi connectivity index (χ3n) is 3.25. The Hall–Kier alpha value is -1.82. The van der Waals surface area contributed by atoms with Gasteiger partial charge in [-0.1, -0.05) is 11.6 Å². The van der Waals surface area contributed by atoms with Crippen molar-refractivity contribution in [2.75, 3.05) is 0 Å². The molecule has 0 saturated heterocycles. The lowest BCUT2D eigenvalue weighted by atomic mass is 10.2. The van der Waals surface area contributed by atoms with Crippen molar-refractivity contribution in [3.05, 3.63) is 34.4 Å². The quantitative estimate of drug-likeness (QED) is 0.939. The molecule has 1 atom stereocenters. The van der Waals surface area contributed by atoms with Gasteiger partial charge in [-0.05, 0) is 26.8 Å². The molecule has 0 radical (unpaired) electrons. The van der Waals surface area contributed by atoms with Gasteiger partial charge in [0.2, 0.25) is 0 Å². The van der Waals surface area contributed by atoms with Gasteiger partial charge in [0.25, 0.3) is 5.91 Å². The second-order valence-electron chi connectivity index (χ2n) is 4.66. The molecule has 2 aromatic rings. The molecule has 1 amide bonds. The smallest absolute Gasteiger partial charge is 0.273 e. The van der Waals surface area contributed by atoms with Gasteiger partial charge in [0.1, 0.15) is 0 Å². The van der Waals surface area contributed by atoms with E-state index in [-0.39, 0.29) is 17.6 Å². The van der Waals surface area contributed by atoms with Gasteiger partial charge in [-0.3, -0.25) is 14.2 Å². The van der Waals surface area contributed by atoms with Crippen molar-refractivity contribution in [2.45, 2.75) is 33.4 Å². The Labute approximate surface area is 122 Å². The van der Waals surface area contributed by atoms with Gasteiger partial charge in [-0.2, -0.15) is 10.2 Å². The number of halogens is 1. The summed E-state index contributed by atoms with van der Waals surface area (Å²) in [7, 11) is 1.75. The molecule has 1 N–H and O–H groups in total. The molecule has 0 aromatic carbocycles. The Kier molecular flexibility index (Phi) is 4.13. The first-order chi connectivity index (χ1) is 9.43. The van der Waals surface area contributed by atoms with Gasteiger partial charge in [0.05, 0.1) is 22.5 Å². The molecule has 6 nitrogen and oxygen atoms in total. The first kappa shape index (κ1) is 14.6. The maximum absolute atomic E-state index is 12.2. The van der Waals surface area contributed by atoms with E-state index in [4.69, 9.17) is 11.6 Å². The summed E-state index contributed by atoms with van der Waals surface area (Å²) < 4.78 is 3.41. The molecular formula is C13H18ClN5O. The molecule has 0 aliphatic rings. The van der Waals surface area contributed by atoms with Crippen LogP contribution in [-0.4, -0.2) is 25.5 Å². The van der Waals surface area contributed by atoms with Crippen LogP contribution in [0.4, 0.5) is 0 Å². The van der Waals surface area contributed by atoms with Gasteiger partial charge < -0.3 is 5.32 Å². The minimum Gasteiger partial charge on any atom is -0.342 e. The zero-order valence-corrected chi connectivity index (χ0v) is 12.8. The summed E-state index contributed by atoms with van der Waals surface area (Å²) in [6.07, 6.45) is 1.88. The number of hydrogen-bond acceptors (Lipinski definition) is 3. The maximum Gasteiger partial charge on any atom is 0.273 e. The molecule has 20 heavy (non-hydrogen) atoms. The summed E-state index contributed by atoms with van der Waals surface area (Å²) in [6.45, 7) is 6.50. The molecule has 0 fully saturated rings. The van der Waals surface area contributed by atoms with Crippen LogP contribution in [0.2, 0.25) is 5.02 Å². The van der Waals surface area contributed by atoms with Crippen LogP contribution in [0.1, 0.15) is 41.8 Å². The summed E-state index contributed by atoms with van der Waals surface area (Å²) in [6, 6.07) is 1.69. The third-order valence-corrected chi connectivity index (χ3v) is 3.71. The number of rotatable bonds is 4. The largest absolute Gasteiger partial charge is 0.342 e. The molecule has 0 aliphatic heterocycles. The number of carbonyl (C=O) groups excluding carboxylic acids is 1. The van der Waals surface area contributed by atoms with E-state index in [2.05, 4.69) is 15.5 Å². The summed E-state index contributed by atoms with van der Waals surface area (Å²) in [4.78, 5) is 12.2. The second-order valence-corrected chi connectivity index (χ2v) is 5.04. The molecule has 2 aromatic heterocycles. The predicted molar refractivity (Wildman–Crippen MR) is 76.7 cm³/mol. The van der Waals surface area contributed by atoms with E-state index in [1.54, 1.807) is 11.7 Å². The summed E-state index contributed by atoms with van der Waals surface area (Å²) in [5.74, 6) is -0.294. The monoisotopic (exact) mass is 295 g/mol. The average molecular weight is 296 g/mol. The molecule has 0 bridgehead atoms. The number of amides is 1. The van der Waals surface area contributed by atoms with Crippen LogP contribution in [-0.2, 0) is 13.6 Å². The Bertz CT molecular complexity index is 631. The number of carbonyl (C=O) groups is 1. The van der Waals surface area contributed by atoms with Crippen molar-refractivity contribution in [1.29, 1.82) is 0 Å². The van der Waals surface area contributed by atoms with Crippen molar-refractivity contribution in [3.63, 3.8) is 0 Å². The van der Waals surface area contributed by atoms with E-state index in [1.807, 2.05) is 37.7 Å². The normalized spacial score (nSPS) is 12.4. The minimum atomic E-state index is -0.294. The van der Waals surface area contributed by atoms with Crippen molar-refractivity contribution in [3.8, 4) is 0 Å². The Balaban J connectivity index is 2.12. The van der Waals surface area contributed by atoms with E-state index >= 15 is 0 Å². The van der Waals surface area contributed by atoms with E-state index < -0.39 is 0 Å². The fourth-order valence-electron chi connectivity index (χ4n) is 1.85. The van der Waals surface area contributed by atoms with E-state index in [9.17, 15) is 4.79 Å². The third kappa shape index (κ3) is 2.70. The van der Waals surface area contributed by atoms with E-state index in [0.717, 1.165) is 17.9 Å². The molecule has 2 heterocycles. The van der Waals surface area contributed by atoms with Gasteiger partial charge in [-0.25, -0.2) is 0 Å². The lowest BCUT2D eigenvalue weighted by Crippen LogP contribution is -2.27. The first-order valence-electron chi connectivity index (χ1n) is 6.47. The molecule has 1 unspecified atom stereocenters. The summed E-state index contributed by atoms with van der Waals surface area (Å²) in [5, 5.41) is 11.7. The van der Waals surface area contributed by atoms with E-state index in [1.165, 1.54) is 0 Å². The number of nitrogens with zero attached hydrogens (tertiary/aromatic N) is 4. The SMILES string of the molecule is CCn1ccc(C(C)NC(=O)c2nn(C)c(C)c2Cl)n1.